The molecule has 134 valence electrons. The number of rotatable bonds is 4. The fraction of sp³-hybridized carbons (Fsp3) is 0.588. The predicted octanol–water partition coefficient (Wildman–Crippen LogP) is 2.38. The minimum Gasteiger partial charge on any atom is -0.461 e. The van der Waals surface area contributed by atoms with Gasteiger partial charge in [0.1, 0.15) is 0 Å². The van der Waals surface area contributed by atoms with Crippen LogP contribution in [-0.2, 0) is 4.79 Å². The van der Waals surface area contributed by atoms with Crippen LogP contribution < -0.4 is 5.84 Å². The van der Waals surface area contributed by atoms with E-state index in [2.05, 4.69) is 10.2 Å². The van der Waals surface area contributed by atoms with E-state index in [0.29, 0.717) is 28.4 Å². The fourth-order valence-corrected chi connectivity index (χ4v) is 4.75. The molecule has 1 aliphatic heterocycles. The Hall–Kier alpha value is -1.96. The van der Waals surface area contributed by atoms with E-state index in [-0.39, 0.29) is 5.91 Å². The summed E-state index contributed by atoms with van der Waals surface area (Å²) in [6.07, 6.45) is 7.99. The van der Waals surface area contributed by atoms with Crippen molar-refractivity contribution in [2.45, 2.75) is 37.3 Å². The number of nitrogens with zero attached hydrogens (tertiary/aromatic N) is 4. The summed E-state index contributed by atoms with van der Waals surface area (Å²) in [6.45, 7) is 1.80. The zero-order chi connectivity index (χ0) is 17.2. The van der Waals surface area contributed by atoms with E-state index < -0.39 is 0 Å². The lowest BCUT2D eigenvalue weighted by Gasteiger charge is -2.41. The molecule has 25 heavy (non-hydrogen) atoms. The predicted molar refractivity (Wildman–Crippen MR) is 95.2 cm³/mol. The second-order valence-electron chi connectivity index (χ2n) is 6.88. The van der Waals surface area contributed by atoms with E-state index in [4.69, 9.17) is 10.3 Å². The average molecular weight is 361 g/mol. The minimum absolute atomic E-state index is 0.163. The van der Waals surface area contributed by atoms with Crippen molar-refractivity contribution in [3.63, 3.8) is 0 Å². The summed E-state index contributed by atoms with van der Waals surface area (Å²) in [4.78, 5) is 14.6. The van der Waals surface area contributed by atoms with Crippen LogP contribution in [0.3, 0.4) is 0 Å². The highest BCUT2D eigenvalue weighted by atomic mass is 32.2. The zero-order valence-corrected chi connectivity index (χ0v) is 15.0. The Labute approximate surface area is 150 Å². The molecule has 0 unspecified atom stereocenters. The number of nitrogen functional groups attached to an aromatic ring is 1. The first kappa shape index (κ1) is 16.5. The Kier molecular flexibility index (Phi) is 4.70. The third kappa shape index (κ3) is 3.40. The van der Waals surface area contributed by atoms with E-state index in [9.17, 15) is 4.79 Å². The number of piperidine rings is 1. The SMILES string of the molecule is Nn1c(SCC(=O)N2CC[C@@H]3CCCC[C@@H]3C2)nnc1-c1ccco1. The topological polar surface area (TPSA) is 90.2 Å². The number of furan rings is 1. The Morgan fingerprint density at radius 3 is 2.92 bits per heavy atom. The largest absolute Gasteiger partial charge is 0.461 e. The summed E-state index contributed by atoms with van der Waals surface area (Å²) in [5, 5.41) is 8.65. The smallest absolute Gasteiger partial charge is 0.233 e. The van der Waals surface area contributed by atoms with Crippen LogP contribution in [0.25, 0.3) is 11.6 Å². The number of nitrogens with two attached hydrogens (primary N) is 1. The van der Waals surface area contributed by atoms with Gasteiger partial charge in [-0.15, -0.1) is 10.2 Å². The van der Waals surface area contributed by atoms with Crippen LogP contribution in [0, 0.1) is 11.8 Å². The van der Waals surface area contributed by atoms with E-state index in [0.717, 1.165) is 25.4 Å². The number of likely N-dealkylation sites (tertiary alicyclic amines) is 1. The van der Waals surface area contributed by atoms with Gasteiger partial charge in [-0.3, -0.25) is 4.79 Å². The van der Waals surface area contributed by atoms with Crippen LogP contribution >= 0.6 is 11.8 Å². The van der Waals surface area contributed by atoms with E-state index in [1.165, 1.54) is 42.1 Å². The average Bonchev–Trinajstić information content (AvgIpc) is 3.29. The number of hydrogen-bond donors (Lipinski definition) is 1. The molecule has 0 spiro atoms. The van der Waals surface area contributed by atoms with Crippen LogP contribution in [0.4, 0.5) is 0 Å². The summed E-state index contributed by atoms with van der Waals surface area (Å²) >= 11 is 1.33. The zero-order valence-electron chi connectivity index (χ0n) is 14.1. The normalized spacial score (nSPS) is 23.4. The molecule has 2 fully saturated rings. The maximum atomic E-state index is 12.6. The van der Waals surface area contributed by atoms with Gasteiger partial charge in [0.25, 0.3) is 0 Å². The molecular formula is C17H23N5O2S. The molecule has 1 saturated carbocycles. The van der Waals surface area contributed by atoms with E-state index in [1.807, 2.05) is 4.90 Å². The first-order valence-corrected chi connectivity index (χ1v) is 9.86. The standard InChI is InChI=1S/C17H23N5O2S/c18-22-16(14-6-3-9-24-14)19-20-17(22)25-11-15(23)21-8-7-12-4-1-2-5-13(12)10-21/h3,6,9,12-13H,1-2,4-5,7-8,10-11,18H2/t12-,13+/m0/s1. The van der Waals surface area contributed by atoms with Crippen molar-refractivity contribution < 1.29 is 9.21 Å². The van der Waals surface area contributed by atoms with Gasteiger partial charge in [0.05, 0.1) is 12.0 Å². The molecule has 2 aromatic heterocycles. The number of aromatic nitrogens is 3. The van der Waals surface area contributed by atoms with Gasteiger partial charge in [-0.05, 0) is 36.8 Å². The van der Waals surface area contributed by atoms with Gasteiger partial charge in [-0.1, -0.05) is 31.0 Å². The van der Waals surface area contributed by atoms with Crippen LogP contribution in [0.5, 0.6) is 0 Å². The molecule has 7 nitrogen and oxygen atoms in total. The Morgan fingerprint density at radius 2 is 2.12 bits per heavy atom. The maximum Gasteiger partial charge on any atom is 0.233 e. The van der Waals surface area contributed by atoms with Gasteiger partial charge in [-0.2, -0.15) is 0 Å². The van der Waals surface area contributed by atoms with Crippen molar-refractivity contribution in [2.75, 3.05) is 24.7 Å². The van der Waals surface area contributed by atoms with E-state index in [1.54, 1.807) is 18.4 Å². The number of carbonyl (C=O) groups excluding carboxylic acids is 1. The lowest BCUT2D eigenvalue weighted by molar-refractivity contribution is -0.131. The highest BCUT2D eigenvalue weighted by Gasteiger charge is 2.32. The third-order valence-corrected chi connectivity index (χ3v) is 6.30. The molecule has 4 rings (SSSR count). The lowest BCUT2D eigenvalue weighted by atomic mass is 9.75. The Morgan fingerprint density at radius 1 is 1.28 bits per heavy atom. The Balaban J connectivity index is 1.35. The summed E-state index contributed by atoms with van der Waals surface area (Å²) < 4.78 is 6.68. The van der Waals surface area contributed by atoms with Gasteiger partial charge in [-0.25, -0.2) is 4.68 Å². The summed E-state index contributed by atoms with van der Waals surface area (Å²) in [6, 6.07) is 3.55. The van der Waals surface area contributed by atoms with Crippen LogP contribution in [0.1, 0.15) is 32.1 Å². The Bertz CT molecular complexity index is 729. The van der Waals surface area contributed by atoms with Gasteiger partial charge in [0.2, 0.25) is 16.9 Å². The molecule has 1 amide bonds. The molecule has 2 aliphatic rings. The molecule has 2 aromatic rings. The van der Waals surface area contributed by atoms with Crippen molar-refractivity contribution >= 4 is 17.7 Å². The lowest BCUT2D eigenvalue weighted by Crippen LogP contribution is -2.45. The number of hydrogen-bond acceptors (Lipinski definition) is 6. The second kappa shape index (κ2) is 7.11. The molecule has 0 radical (unpaired) electrons. The van der Waals surface area contributed by atoms with Crippen molar-refractivity contribution in [3.05, 3.63) is 18.4 Å². The minimum atomic E-state index is 0.163. The summed E-state index contributed by atoms with van der Waals surface area (Å²) in [5.41, 5.74) is 0. The number of fused-ring (bicyclic) bond motifs is 1. The molecule has 2 N–H and O–H groups in total. The number of carbonyl (C=O) groups is 1. The molecule has 1 aliphatic carbocycles. The first-order chi connectivity index (χ1) is 12.2. The molecule has 2 atom stereocenters. The molecule has 1 saturated heterocycles. The van der Waals surface area contributed by atoms with Crippen molar-refractivity contribution in [3.8, 4) is 11.6 Å². The molecule has 3 heterocycles. The summed E-state index contributed by atoms with van der Waals surface area (Å²) in [7, 11) is 0. The molecule has 0 bridgehead atoms. The van der Waals surface area contributed by atoms with Gasteiger partial charge in [0, 0.05) is 13.1 Å². The third-order valence-electron chi connectivity index (χ3n) is 5.37. The van der Waals surface area contributed by atoms with Crippen LogP contribution in [0.2, 0.25) is 0 Å². The molecule has 8 heteroatoms. The highest BCUT2D eigenvalue weighted by Crippen LogP contribution is 2.36. The number of thioether (sulfide) groups is 1. The van der Waals surface area contributed by atoms with Gasteiger partial charge >= 0.3 is 0 Å². The maximum absolute atomic E-state index is 12.6. The van der Waals surface area contributed by atoms with Crippen LogP contribution in [0.15, 0.2) is 28.0 Å². The quantitative estimate of drug-likeness (QED) is 0.664. The number of amides is 1. The first-order valence-electron chi connectivity index (χ1n) is 8.87. The highest BCUT2D eigenvalue weighted by molar-refractivity contribution is 7.99. The van der Waals surface area contributed by atoms with Gasteiger partial charge in [0.15, 0.2) is 5.76 Å². The molecular weight excluding hydrogens is 338 g/mol. The monoisotopic (exact) mass is 361 g/mol. The molecule has 0 aromatic carbocycles. The van der Waals surface area contributed by atoms with Crippen molar-refractivity contribution in [1.29, 1.82) is 0 Å². The summed E-state index contributed by atoms with van der Waals surface area (Å²) in [5.74, 6) is 9.08. The van der Waals surface area contributed by atoms with Crippen molar-refractivity contribution in [2.24, 2.45) is 11.8 Å². The van der Waals surface area contributed by atoms with E-state index >= 15 is 0 Å². The second-order valence-corrected chi connectivity index (χ2v) is 7.82. The van der Waals surface area contributed by atoms with Gasteiger partial charge < -0.3 is 15.2 Å². The van der Waals surface area contributed by atoms with Crippen molar-refractivity contribution in [1.82, 2.24) is 19.8 Å². The fourth-order valence-electron chi connectivity index (χ4n) is 3.99. The van der Waals surface area contributed by atoms with Crippen LogP contribution in [-0.4, -0.2) is 44.5 Å².